The Morgan fingerprint density at radius 2 is 2.17 bits per heavy atom. The minimum atomic E-state index is -4.31. The molecule has 0 amide bonds. The summed E-state index contributed by atoms with van der Waals surface area (Å²) in [5.41, 5.74) is 9.66. The Bertz CT molecular complexity index is 1690. The van der Waals surface area contributed by atoms with Gasteiger partial charge in [0.15, 0.2) is 0 Å². The highest BCUT2D eigenvalue weighted by Gasteiger charge is 2.40. The summed E-state index contributed by atoms with van der Waals surface area (Å²) in [7, 11) is -3.12. The summed E-state index contributed by atoms with van der Waals surface area (Å²) in [6.45, 7) is 0.806. The number of nitrogens with one attached hydrogen (secondary N) is 3. The fourth-order valence-corrected chi connectivity index (χ4v) is 6.03. The Kier molecular flexibility index (Phi) is 9.97. The lowest BCUT2D eigenvalue weighted by molar-refractivity contribution is -0.142. The van der Waals surface area contributed by atoms with Crippen molar-refractivity contribution in [2.24, 2.45) is 5.11 Å². The van der Waals surface area contributed by atoms with E-state index in [1.54, 1.807) is 6.20 Å². The van der Waals surface area contributed by atoms with E-state index in [2.05, 4.69) is 25.1 Å². The molecule has 1 aromatic carbocycles. The Morgan fingerprint density at radius 3 is 2.90 bits per heavy atom. The van der Waals surface area contributed by atoms with Gasteiger partial charge in [0, 0.05) is 46.6 Å². The number of benzene rings is 1. The molecule has 0 aliphatic carbocycles. The smallest absolute Gasteiger partial charge is 0.406 e. The first-order valence-electron chi connectivity index (χ1n) is 12.9. The largest absolute Gasteiger partial charge is 0.468 e. The van der Waals surface area contributed by atoms with Crippen LogP contribution in [0.25, 0.3) is 21.3 Å². The van der Waals surface area contributed by atoms with Crippen LogP contribution in [0.3, 0.4) is 0 Å². The highest BCUT2D eigenvalue weighted by atomic mass is 31.2. The number of carbonyl (C=O) groups is 1. The molecule has 0 spiro atoms. The minimum Gasteiger partial charge on any atom is -0.468 e. The van der Waals surface area contributed by atoms with Crippen LogP contribution in [0.2, 0.25) is 0 Å². The van der Waals surface area contributed by atoms with E-state index in [4.69, 9.17) is 29.3 Å². The molecule has 0 bridgehead atoms. The predicted octanol–water partition coefficient (Wildman–Crippen LogP) is 2.72. The van der Waals surface area contributed by atoms with Crippen LogP contribution in [-0.4, -0.2) is 59.0 Å². The number of hydrogen-bond acceptors (Lipinski definition) is 10. The van der Waals surface area contributed by atoms with Crippen LogP contribution in [0.4, 0.5) is 0 Å². The monoisotopic (exact) mass is 600 g/mol. The van der Waals surface area contributed by atoms with Crippen molar-refractivity contribution in [1.29, 1.82) is 5.26 Å². The number of para-hydroxylation sites is 1. The molecule has 1 fully saturated rings. The Balaban J connectivity index is 1.55. The topological polar surface area (TPSA) is 226 Å². The first-order chi connectivity index (χ1) is 20.2. The standard InChI is InChI=1S/C25H29N8O8P/c1-15-13-33(25(36)29-23(15)34)22-11-19(30-32-27)21(41-22)14-40-42(37,39-9-5-8-26)31-20(24(35)38-2)10-16-12-28-18-7-4-3-6-17(16)18/h3-4,6-7,12-13,19-22,28H,5,9-11,14H2,1-2H3,(H,31,37)(H,29,34,36)/t19-,20?,21+,22+,42?/m1/s1. The number of fused-ring (bicyclic) bond motifs is 1. The van der Waals surface area contributed by atoms with Crippen LogP contribution >= 0.6 is 7.75 Å². The average Bonchev–Trinajstić information content (AvgIpc) is 3.57. The number of ether oxygens (including phenoxy) is 2. The molecule has 42 heavy (non-hydrogen) atoms. The molecule has 3 heterocycles. The second-order valence-electron chi connectivity index (χ2n) is 9.42. The van der Waals surface area contributed by atoms with Gasteiger partial charge >= 0.3 is 19.4 Å². The molecule has 0 radical (unpaired) electrons. The SMILES string of the molecule is COC(=O)C(Cc1c[nH]c2ccccc12)NP(=O)(OCCC#N)OC[C@@H]1O[C@H](n2cc(C)c(=O)[nH]c2=O)C[C@H]1N=[N+]=[N-]. The third kappa shape index (κ3) is 7.15. The first-order valence-corrected chi connectivity index (χ1v) is 14.4. The van der Waals surface area contributed by atoms with Crippen LogP contribution in [0.5, 0.6) is 0 Å². The maximum Gasteiger partial charge on any atom is 0.406 e. The number of aromatic amines is 2. The van der Waals surface area contributed by atoms with Crippen molar-refractivity contribution in [3.63, 3.8) is 0 Å². The highest BCUT2D eigenvalue weighted by molar-refractivity contribution is 7.51. The summed E-state index contributed by atoms with van der Waals surface area (Å²) in [6, 6.07) is 7.31. The molecule has 222 valence electrons. The third-order valence-electron chi connectivity index (χ3n) is 6.64. The molecule has 5 atom stereocenters. The zero-order valence-corrected chi connectivity index (χ0v) is 23.7. The zero-order valence-electron chi connectivity index (χ0n) is 22.8. The van der Waals surface area contributed by atoms with Gasteiger partial charge in [0.1, 0.15) is 12.3 Å². The molecule has 17 heteroatoms. The Morgan fingerprint density at radius 1 is 1.38 bits per heavy atom. The van der Waals surface area contributed by atoms with Gasteiger partial charge in [0.2, 0.25) is 0 Å². The Hall–Kier alpha value is -4.22. The molecule has 16 nitrogen and oxygen atoms in total. The summed E-state index contributed by atoms with van der Waals surface area (Å²) in [5, 5.41) is 16.2. The van der Waals surface area contributed by atoms with E-state index in [0.29, 0.717) is 0 Å². The molecule has 2 aromatic heterocycles. The molecular formula is C25H29N8O8P. The normalized spacial score (nSPS) is 20.4. The molecule has 1 aliphatic heterocycles. The molecule has 1 saturated heterocycles. The van der Waals surface area contributed by atoms with Gasteiger partial charge in [0.25, 0.3) is 5.56 Å². The van der Waals surface area contributed by atoms with Crippen molar-refractivity contribution in [2.75, 3.05) is 20.3 Å². The molecule has 2 unspecified atom stereocenters. The number of aryl methyl sites for hydroxylation is 1. The van der Waals surface area contributed by atoms with Crippen molar-refractivity contribution in [1.82, 2.24) is 19.6 Å². The molecule has 3 aromatic rings. The lowest BCUT2D eigenvalue weighted by Crippen LogP contribution is -2.39. The van der Waals surface area contributed by atoms with Crippen LogP contribution in [0.15, 0.2) is 51.4 Å². The number of aromatic nitrogens is 3. The number of azide groups is 1. The number of rotatable bonds is 13. The van der Waals surface area contributed by atoms with Gasteiger partial charge in [-0.25, -0.2) is 14.4 Å². The summed E-state index contributed by atoms with van der Waals surface area (Å²) in [6.07, 6.45) is 1.15. The maximum absolute atomic E-state index is 13.9. The van der Waals surface area contributed by atoms with E-state index in [0.717, 1.165) is 21.0 Å². The number of carbonyl (C=O) groups excluding carboxylic acids is 1. The zero-order chi connectivity index (χ0) is 30.3. The van der Waals surface area contributed by atoms with Crippen LogP contribution in [0, 0.1) is 18.3 Å². The lowest BCUT2D eigenvalue weighted by Gasteiger charge is -2.25. The van der Waals surface area contributed by atoms with Crippen LogP contribution in [-0.2, 0) is 34.3 Å². The van der Waals surface area contributed by atoms with Crippen molar-refractivity contribution >= 4 is 24.6 Å². The van der Waals surface area contributed by atoms with Crippen LogP contribution < -0.4 is 16.3 Å². The first kappa shape index (κ1) is 30.7. The van der Waals surface area contributed by atoms with E-state index in [9.17, 15) is 18.9 Å². The quantitative estimate of drug-likeness (QED) is 0.0649. The third-order valence-corrected chi connectivity index (χ3v) is 8.28. The summed E-state index contributed by atoms with van der Waals surface area (Å²) >= 11 is 0. The summed E-state index contributed by atoms with van der Waals surface area (Å²) in [4.78, 5) is 45.0. The van der Waals surface area contributed by atoms with Gasteiger partial charge < -0.3 is 14.5 Å². The van der Waals surface area contributed by atoms with Gasteiger partial charge in [-0.3, -0.25) is 28.2 Å². The summed E-state index contributed by atoms with van der Waals surface area (Å²) in [5.74, 6) is -0.732. The summed E-state index contributed by atoms with van der Waals surface area (Å²) < 4.78 is 37.0. The van der Waals surface area contributed by atoms with Crippen molar-refractivity contribution < 1.29 is 27.9 Å². The second-order valence-corrected chi connectivity index (χ2v) is 11.2. The fourth-order valence-electron chi connectivity index (χ4n) is 4.55. The number of nitriles is 1. The number of hydrogen-bond donors (Lipinski definition) is 3. The van der Waals surface area contributed by atoms with Gasteiger partial charge in [0.05, 0.1) is 45.0 Å². The molecular weight excluding hydrogens is 571 g/mol. The average molecular weight is 601 g/mol. The molecule has 4 rings (SSSR count). The molecule has 1 aliphatic rings. The van der Waals surface area contributed by atoms with Crippen molar-refractivity contribution in [3.05, 3.63) is 79.1 Å². The number of nitrogens with zero attached hydrogens (tertiary/aromatic N) is 5. The van der Waals surface area contributed by atoms with E-state index < -0.39 is 56.0 Å². The molecule has 3 N–H and O–H groups in total. The Labute approximate surface area is 238 Å². The number of esters is 1. The van der Waals surface area contributed by atoms with E-state index in [1.807, 2.05) is 30.3 Å². The fraction of sp³-hybridized carbons (Fsp3) is 0.440. The van der Waals surface area contributed by atoms with Gasteiger partial charge in [-0.15, -0.1) is 0 Å². The molecule has 0 saturated carbocycles. The number of methoxy groups -OCH3 is 1. The lowest BCUT2D eigenvalue weighted by atomic mass is 10.1. The maximum atomic E-state index is 13.9. The van der Waals surface area contributed by atoms with E-state index >= 15 is 0 Å². The second kappa shape index (κ2) is 13.6. The van der Waals surface area contributed by atoms with Crippen molar-refractivity contribution in [2.45, 2.75) is 50.6 Å². The number of H-pyrrole nitrogens is 2. The van der Waals surface area contributed by atoms with E-state index in [-0.39, 0.29) is 31.4 Å². The van der Waals surface area contributed by atoms with Crippen LogP contribution in [0.1, 0.15) is 30.2 Å². The van der Waals surface area contributed by atoms with Crippen molar-refractivity contribution in [3.8, 4) is 6.07 Å². The van der Waals surface area contributed by atoms with E-state index in [1.165, 1.54) is 20.2 Å². The predicted molar refractivity (Wildman–Crippen MR) is 148 cm³/mol. The highest BCUT2D eigenvalue weighted by Crippen LogP contribution is 2.46. The van der Waals surface area contributed by atoms with Gasteiger partial charge in [-0.2, -0.15) is 5.26 Å². The van der Waals surface area contributed by atoms with Gasteiger partial charge in [-0.1, -0.05) is 23.3 Å². The minimum absolute atomic E-state index is 0.0574. The van der Waals surface area contributed by atoms with Gasteiger partial charge in [-0.05, 0) is 24.1 Å².